The Morgan fingerprint density at radius 3 is 2.26 bits per heavy atom. The Balaban J connectivity index is 1.58. The first kappa shape index (κ1) is 23.2. The van der Waals surface area contributed by atoms with Crippen LogP contribution >= 0.6 is 0 Å². The van der Waals surface area contributed by atoms with Crippen molar-refractivity contribution in [3.8, 4) is 5.75 Å². The lowest BCUT2D eigenvalue weighted by molar-refractivity contribution is 0.0552. The summed E-state index contributed by atoms with van der Waals surface area (Å²) in [6, 6.07) is 13.3. The first-order chi connectivity index (χ1) is 14.7. The molecule has 8 heteroatoms. The van der Waals surface area contributed by atoms with E-state index < -0.39 is 15.6 Å². The minimum absolute atomic E-state index is 0.0612. The van der Waals surface area contributed by atoms with E-state index in [9.17, 15) is 18.3 Å². The van der Waals surface area contributed by atoms with Crippen molar-refractivity contribution in [2.75, 3.05) is 26.7 Å². The number of carbonyl (C=O) groups excluding carboxylic acids is 1. The van der Waals surface area contributed by atoms with Crippen molar-refractivity contribution in [2.45, 2.75) is 43.1 Å². The van der Waals surface area contributed by atoms with Crippen LogP contribution in [0.25, 0.3) is 0 Å². The Labute approximate surface area is 184 Å². The molecule has 1 atom stereocenters. The third-order valence-electron chi connectivity index (χ3n) is 5.44. The maximum atomic E-state index is 12.7. The SMILES string of the molecule is COc1ccc(CC(C)(O)CNC(=O)c2ccc(S(=O)(=O)N3CCCCC3)cc2)cc1. The molecule has 31 heavy (non-hydrogen) atoms. The summed E-state index contributed by atoms with van der Waals surface area (Å²) in [6.07, 6.45) is 3.16. The number of hydrogen-bond acceptors (Lipinski definition) is 5. The number of rotatable bonds is 8. The highest BCUT2D eigenvalue weighted by Crippen LogP contribution is 2.21. The van der Waals surface area contributed by atoms with Gasteiger partial charge in [-0.25, -0.2) is 8.42 Å². The van der Waals surface area contributed by atoms with Crippen LogP contribution in [-0.2, 0) is 16.4 Å². The van der Waals surface area contributed by atoms with Crippen LogP contribution in [0.1, 0.15) is 42.1 Å². The highest BCUT2D eigenvalue weighted by molar-refractivity contribution is 7.89. The van der Waals surface area contributed by atoms with Crippen LogP contribution in [0.15, 0.2) is 53.4 Å². The molecule has 0 spiro atoms. The quantitative estimate of drug-likeness (QED) is 0.650. The Kier molecular flexibility index (Phi) is 7.35. The van der Waals surface area contributed by atoms with Gasteiger partial charge in [0, 0.05) is 31.6 Å². The lowest BCUT2D eigenvalue weighted by Gasteiger charge is -2.26. The summed E-state index contributed by atoms with van der Waals surface area (Å²) in [6.45, 7) is 2.79. The smallest absolute Gasteiger partial charge is 0.251 e. The molecule has 1 aliphatic heterocycles. The number of methoxy groups -OCH3 is 1. The molecule has 1 fully saturated rings. The number of amides is 1. The molecule has 1 aliphatic rings. The van der Waals surface area contributed by atoms with Crippen LogP contribution < -0.4 is 10.1 Å². The van der Waals surface area contributed by atoms with Gasteiger partial charge in [0.05, 0.1) is 17.6 Å². The van der Waals surface area contributed by atoms with Crippen molar-refractivity contribution in [1.82, 2.24) is 9.62 Å². The third kappa shape index (κ3) is 6.06. The van der Waals surface area contributed by atoms with Gasteiger partial charge in [0.1, 0.15) is 5.75 Å². The maximum Gasteiger partial charge on any atom is 0.251 e. The molecule has 2 aromatic carbocycles. The lowest BCUT2D eigenvalue weighted by atomic mass is 9.96. The van der Waals surface area contributed by atoms with E-state index in [1.165, 1.54) is 28.6 Å². The lowest BCUT2D eigenvalue weighted by Crippen LogP contribution is -2.42. The van der Waals surface area contributed by atoms with Gasteiger partial charge < -0.3 is 15.2 Å². The minimum Gasteiger partial charge on any atom is -0.497 e. The third-order valence-corrected chi connectivity index (χ3v) is 7.36. The van der Waals surface area contributed by atoms with Gasteiger partial charge in [0.2, 0.25) is 10.0 Å². The average Bonchev–Trinajstić information content (AvgIpc) is 2.78. The second-order valence-corrected chi connectivity index (χ2v) is 10.1. The van der Waals surface area contributed by atoms with E-state index in [0.29, 0.717) is 25.1 Å². The first-order valence-corrected chi connectivity index (χ1v) is 11.9. The molecule has 1 heterocycles. The number of carbonyl (C=O) groups is 1. The molecule has 1 saturated heterocycles. The van der Waals surface area contributed by atoms with Crippen molar-refractivity contribution in [3.63, 3.8) is 0 Å². The standard InChI is InChI=1S/C23H30N2O5S/c1-23(27,16-18-6-10-20(30-2)11-7-18)17-24-22(26)19-8-12-21(13-9-19)31(28,29)25-14-4-3-5-15-25/h6-13,27H,3-5,14-17H2,1-2H3,(H,24,26). The normalized spacial score (nSPS) is 17.0. The van der Waals surface area contributed by atoms with Crippen molar-refractivity contribution >= 4 is 15.9 Å². The van der Waals surface area contributed by atoms with Crippen molar-refractivity contribution < 1.29 is 23.1 Å². The van der Waals surface area contributed by atoms with Gasteiger partial charge in [-0.3, -0.25) is 4.79 Å². The molecule has 1 unspecified atom stereocenters. The summed E-state index contributed by atoms with van der Waals surface area (Å²) in [5.41, 5.74) is 0.132. The Morgan fingerprint density at radius 2 is 1.68 bits per heavy atom. The number of benzene rings is 2. The second-order valence-electron chi connectivity index (χ2n) is 8.19. The minimum atomic E-state index is -3.53. The van der Waals surface area contributed by atoms with Gasteiger partial charge in [-0.2, -0.15) is 4.31 Å². The molecule has 0 aliphatic carbocycles. The number of ether oxygens (including phenoxy) is 1. The molecule has 0 saturated carbocycles. The van der Waals surface area contributed by atoms with E-state index in [2.05, 4.69) is 5.32 Å². The summed E-state index contributed by atoms with van der Waals surface area (Å²) in [5, 5.41) is 13.4. The predicted molar refractivity (Wildman–Crippen MR) is 119 cm³/mol. The highest BCUT2D eigenvalue weighted by Gasteiger charge is 2.26. The molecular weight excluding hydrogens is 416 g/mol. The topological polar surface area (TPSA) is 95.9 Å². The molecule has 168 valence electrons. The Bertz CT molecular complexity index is 980. The molecule has 0 radical (unpaired) electrons. The van der Waals surface area contributed by atoms with E-state index >= 15 is 0 Å². The molecular formula is C23H30N2O5S. The fraction of sp³-hybridized carbons (Fsp3) is 0.435. The van der Waals surface area contributed by atoms with Crippen molar-refractivity contribution in [2.24, 2.45) is 0 Å². The summed E-state index contributed by atoms with van der Waals surface area (Å²) in [7, 11) is -1.93. The van der Waals surface area contributed by atoms with E-state index in [0.717, 1.165) is 30.6 Å². The molecule has 1 amide bonds. The summed E-state index contributed by atoms with van der Waals surface area (Å²) in [5.74, 6) is 0.374. The van der Waals surface area contributed by atoms with Crippen LogP contribution in [0, 0.1) is 0 Å². The first-order valence-electron chi connectivity index (χ1n) is 10.4. The van der Waals surface area contributed by atoms with Gasteiger partial charge in [0.15, 0.2) is 0 Å². The van der Waals surface area contributed by atoms with Gasteiger partial charge in [-0.15, -0.1) is 0 Å². The zero-order chi connectivity index (χ0) is 22.5. The van der Waals surface area contributed by atoms with Crippen LogP contribution in [-0.4, -0.2) is 56.1 Å². The fourth-order valence-corrected chi connectivity index (χ4v) is 5.17. The molecule has 0 aromatic heterocycles. The largest absolute Gasteiger partial charge is 0.497 e. The van der Waals surface area contributed by atoms with Crippen molar-refractivity contribution in [1.29, 1.82) is 0 Å². The molecule has 3 rings (SSSR count). The fourth-order valence-electron chi connectivity index (χ4n) is 3.65. The predicted octanol–water partition coefficient (Wildman–Crippen LogP) is 2.59. The zero-order valence-corrected chi connectivity index (χ0v) is 18.8. The number of nitrogens with zero attached hydrogens (tertiary/aromatic N) is 1. The summed E-state index contributed by atoms with van der Waals surface area (Å²) < 4.78 is 32.1. The van der Waals surface area contributed by atoms with Crippen LogP contribution in [0.5, 0.6) is 5.75 Å². The molecule has 2 aromatic rings. The number of piperidine rings is 1. The monoisotopic (exact) mass is 446 g/mol. The number of aliphatic hydroxyl groups is 1. The zero-order valence-electron chi connectivity index (χ0n) is 18.0. The number of sulfonamides is 1. The van der Waals surface area contributed by atoms with E-state index in [-0.39, 0.29) is 17.3 Å². The number of nitrogens with one attached hydrogen (secondary N) is 1. The van der Waals surface area contributed by atoms with Gasteiger partial charge in [-0.1, -0.05) is 18.6 Å². The van der Waals surface area contributed by atoms with Gasteiger partial charge in [-0.05, 0) is 61.7 Å². The maximum absolute atomic E-state index is 12.7. The van der Waals surface area contributed by atoms with Gasteiger partial charge in [0.25, 0.3) is 5.91 Å². The van der Waals surface area contributed by atoms with Gasteiger partial charge >= 0.3 is 0 Å². The van der Waals surface area contributed by atoms with Crippen molar-refractivity contribution in [3.05, 3.63) is 59.7 Å². The second kappa shape index (κ2) is 9.80. The molecule has 2 N–H and O–H groups in total. The van der Waals surface area contributed by atoms with Crippen LogP contribution in [0.3, 0.4) is 0 Å². The average molecular weight is 447 g/mol. The summed E-state index contributed by atoms with van der Waals surface area (Å²) >= 11 is 0. The van der Waals surface area contributed by atoms with Crippen LogP contribution in [0.4, 0.5) is 0 Å². The number of hydrogen-bond donors (Lipinski definition) is 2. The Hall–Kier alpha value is -2.42. The summed E-state index contributed by atoms with van der Waals surface area (Å²) in [4.78, 5) is 12.7. The van der Waals surface area contributed by atoms with E-state index in [1.54, 1.807) is 14.0 Å². The Morgan fingerprint density at radius 1 is 1.06 bits per heavy atom. The molecule has 0 bridgehead atoms. The molecule has 7 nitrogen and oxygen atoms in total. The highest BCUT2D eigenvalue weighted by atomic mass is 32.2. The van der Waals surface area contributed by atoms with E-state index in [4.69, 9.17) is 4.74 Å². The van der Waals surface area contributed by atoms with Crippen LogP contribution in [0.2, 0.25) is 0 Å². The van der Waals surface area contributed by atoms with E-state index in [1.807, 2.05) is 24.3 Å².